The molecule has 1 unspecified atom stereocenters. The lowest BCUT2D eigenvalue weighted by Crippen LogP contribution is -2.29. The van der Waals surface area contributed by atoms with E-state index in [2.05, 4.69) is 10.3 Å². The zero-order valence-corrected chi connectivity index (χ0v) is 16.9. The molecule has 2 aromatic heterocycles. The summed E-state index contributed by atoms with van der Waals surface area (Å²) >= 11 is 1.07. The summed E-state index contributed by atoms with van der Waals surface area (Å²) in [6.07, 6.45) is 1.54. The number of para-hydroxylation sites is 2. The fraction of sp³-hybridized carbons (Fsp3) is 0.136. The van der Waals surface area contributed by atoms with E-state index in [1.807, 2.05) is 6.92 Å². The number of nitrogens with zero attached hydrogens (tertiary/aromatic N) is 2. The van der Waals surface area contributed by atoms with Crippen molar-refractivity contribution >= 4 is 28.6 Å². The van der Waals surface area contributed by atoms with Gasteiger partial charge in [0.15, 0.2) is 5.16 Å². The number of hydrogen-bond acceptors (Lipinski definition) is 5. The van der Waals surface area contributed by atoms with Gasteiger partial charge < -0.3 is 9.73 Å². The van der Waals surface area contributed by atoms with E-state index in [-0.39, 0.29) is 28.5 Å². The standard InChI is InChI=1S/C22H18FN3O3S/c1-14(19-11-6-12-29-19)24-20(27)13-30-22-25-17-9-4-2-7-15(17)21(28)26(22)18-10-5-3-8-16(18)23/h2-12,14H,13H2,1H3,(H,24,27). The molecular weight excluding hydrogens is 405 g/mol. The van der Waals surface area contributed by atoms with Crippen LogP contribution < -0.4 is 10.9 Å². The van der Waals surface area contributed by atoms with Crippen LogP contribution in [0.3, 0.4) is 0 Å². The Morgan fingerprint density at radius 2 is 1.93 bits per heavy atom. The second kappa shape index (κ2) is 8.54. The van der Waals surface area contributed by atoms with Crippen LogP contribution in [0.25, 0.3) is 16.6 Å². The van der Waals surface area contributed by atoms with Crippen molar-refractivity contribution in [2.45, 2.75) is 18.1 Å². The van der Waals surface area contributed by atoms with Gasteiger partial charge in [0.25, 0.3) is 5.56 Å². The van der Waals surface area contributed by atoms with Crippen LogP contribution in [0.2, 0.25) is 0 Å². The Morgan fingerprint density at radius 3 is 2.70 bits per heavy atom. The number of nitrogens with one attached hydrogen (secondary N) is 1. The second-order valence-electron chi connectivity index (χ2n) is 6.60. The first-order valence-electron chi connectivity index (χ1n) is 9.27. The van der Waals surface area contributed by atoms with Crippen molar-refractivity contribution in [2.75, 3.05) is 5.75 Å². The minimum absolute atomic E-state index is 0.00425. The topological polar surface area (TPSA) is 77.1 Å². The average Bonchev–Trinajstić information content (AvgIpc) is 3.28. The van der Waals surface area contributed by atoms with Gasteiger partial charge in [0.2, 0.25) is 5.91 Å². The van der Waals surface area contributed by atoms with Crippen molar-refractivity contribution < 1.29 is 13.6 Å². The third-order valence-corrected chi connectivity index (χ3v) is 5.46. The summed E-state index contributed by atoms with van der Waals surface area (Å²) in [6.45, 7) is 1.81. The highest BCUT2D eigenvalue weighted by molar-refractivity contribution is 7.99. The van der Waals surface area contributed by atoms with E-state index in [0.29, 0.717) is 16.7 Å². The van der Waals surface area contributed by atoms with E-state index < -0.39 is 11.4 Å². The van der Waals surface area contributed by atoms with E-state index in [0.717, 1.165) is 11.8 Å². The molecule has 2 aromatic carbocycles. The molecule has 0 saturated heterocycles. The normalized spacial score (nSPS) is 12.1. The molecule has 0 radical (unpaired) electrons. The van der Waals surface area contributed by atoms with Crippen LogP contribution in [-0.2, 0) is 4.79 Å². The first-order valence-corrected chi connectivity index (χ1v) is 10.3. The molecule has 1 N–H and O–H groups in total. The van der Waals surface area contributed by atoms with Crippen LogP contribution in [-0.4, -0.2) is 21.2 Å². The minimum atomic E-state index is -0.547. The van der Waals surface area contributed by atoms with Gasteiger partial charge in [-0.15, -0.1) is 0 Å². The van der Waals surface area contributed by atoms with E-state index in [1.165, 1.54) is 16.7 Å². The number of carbonyl (C=O) groups is 1. The molecular formula is C22H18FN3O3S. The molecule has 1 atom stereocenters. The Hall–Kier alpha value is -3.39. The van der Waals surface area contributed by atoms with E-state index in [1.54, 1.807) is 54.8 Å². The summed E-state index contributed by atoms with van der Waals surface area (Å²) in [5, 5.41) is 3.45. The van der Waals surface area contributed by atoms with Crippen LogP contribution in [0.5, 0.6) is 0 Å². The summed E-state index contributed by atoms with van der Waals surface area (Å²) < 4.78 is 21.0. The van der Waals surface area contributed by atoms with Crippen molar-refractivity contribution in [3.8, 4) is 5.69 Å². The van der Waals surface area contributed by atoms with Crippen LogP contribution in [0.1, 0.15) is 18.7 Å². The summed E-state index contributed by atoms with van der Waals surface area (Å²) in [5.41, 5.74) is 0.187. The van der Waals surface area contributed by atoms with Gasteiger partial charge in [0, 0.05) is 0 Å². The van der Waals surface area contributed by atoms with Gasteiger partial charge in [0.1, 0.15) is 11.6 Å². The van der Waals surface area contributed by atoms with Crippen molar-refractivity contribution in [2.24, 2.45) is 0 Å². The van der Waals surface area contributed by atoms with Gasteiger partial charge in [-0.1, -0.05) is 36.0 Å². The fourth-order valence-electron chi connectivity index (χ4n) is 3.08. The molecule has 4 aromatic rings. The van der Waals surface area contributed by atoms with Crippen molar-refractivity contribution in [1.29, 1.82) is 0 Å². The van der Waals surface area contributed by atoms with E-state index >= 15 is 0 Å². The highest BCUT2D eigenvalue weighted by Gasteiger charge is 2.18. The first kappa shape index (κ1) is 19.9. The highest BCUT2D eigenvalue weighted by atomic mass is 32.2. The average molecular weight is 423 g/mol. The van der Waals surface area contributed by atoms with Gasteiger partial charge in [-0.2, -0.15) is 0 Å². The number of furan rings is 1. The van der Waals surface area contributed by atoms with Crippen LogP contribution in [0.15, 0.2) is 81.3 Å². The van der Waals surface area contributed by atoms with Crippen LogP contribution in [0, 0.1) is 5.82 Å². The Morgan fingerprint density at radius 1 is 1.17 bits per heavy atom. The van der Waals surface area contributed by atoms with E-state index in [4.69, 9.17) is 4.42 Å². The maximum atomic E-state index is 14.5. The number of halogens is 1. The van der Waals surface area contributed by atoms with Crippen LogP contribution in [0.4, 0.5) is 4.39 Å². The SMILES string of the molecule is CC(NC(=O)CSc1nc2ccccc2c(=O)n1-c1ccccc1F)c1ccco1. The number of rotatable bonds is 6. The number of hydrogen-bond donors (Lipinski definition) is 1. The Balaban J connectivity index is 1.66. The first-order chi connectivity index (χ1) is 14.5. The van der Waals surface area contributed by atoms with Gasteiger partial charge in [0.05, 0.1) is 34.6 Å². The molecule has 0 fully saturated rings. The summed E-state index contributed by atoms with van der Waals surface area (Å²) in [5.74, 6) is -0.161. The third-order valence-electron chi connectivity index (χ3n) is 4.52. The van der Waals surface area contributed by atoms with Crippen molar-refractivity contribution in [1.82, 2.24) is 14.9 Å². The van der Waals surface area contributed by atoms with E-state index in [9.17, 15) is 14.0 Å². The zero-order valence-electron chi connectivity index (χ0n) is 16.0. The Bertz CT molecular complexity index is 1250. The highest BCUT2D eigenvalue weighted by Crippen LogP contribution is 2.23. The summed E-state index contributed by atoms with van der Waals surface area (Å²) in [4.78, 5) is 30.0. The molecule has 0 bridgehead atoms. The van der Waals surface area contributed by atoms with Crippen molar-refractivity contribution in [3.63, 3.8) is 0 Å². The third kappa shape index (κ3) is 3.99. The molecule has 30 heavy (non-hydrogen) atoms. The number of carbonyl (C=O) groups excluding carboxylic acids is 1. The molecule has 0 spiro atoms. The molecule has 1 amide bonds. The Kier molecular flexibility index (Phi) is 5.67. The minimum Gasteiger partial charge on any atom is -0.467 e. The molecule has 6 nitrogen and oxygen atoms in total. The molecule has 4 rings (SSSR count). The number of benzene rings is 2. The molecule has 0 saturated carbocycles. The van der Waals surface area contributed by atoms with Gasteiger partial charge in [-0.3, -0.25) is 14.2 Å². The number of thioether (sulfide) groups is 1. The quantitative estimate of drug-likeness (QED) is 0.373. The number of aromatic nitrogens is 2. The largest absolute Gasteiger partial charge is 0.467 e. The lowest BCUT2D eigenvalue weighted by Gasteiger charge is -2.15. The lowest BCUT2D eigenvalue weighted by molar-refractivity contribution is -0.119. The zero-order chi connectivity index (χ0) is 21.1. The smallest absolute Gasteiger partial charge is 0.266 e. The lowest BCUT2D eigenvalue weighted by atomic mass is 10.2. The Labute approximate surface area is 175 Å². The number of amides is 1. The maximum Gasteiger partial charge on any atom is 0.266 e. The van der Waals surface area contributed by atoms with Gasteiger partial charge >= 0.3 is 0 Å². The fourth-order valence-corrected chi connectivity index (χ4v) is 3.89. The van der Waals surface area contributed by atoms with Gasteiger partial charge in [-0.25, -0.2) is 9.37 Å². The molecule has 2 heterocycles. The molecule has 152 valence electrons. The van der Waals surface area contributed by atoms with Crippen molar-refractivity contribution in [3.05, 3.63) is 88.9 Å². The monoisotopic (exact) mass is 423 g/mol. The molecule has 0 aliphatic carbocycles. The number of fused-ring (bicyclic) bond motifs is 1. The summed E-state index contributed by atoms with van der Waals surface area (Å²) in [6, 6.07) is 16.1. The second-order valence-corrected chi connectivity index (χ2v) is 7.54. The maximum absolute atomic E-state index is 14.5. The molecule has 0 aliphatic rings. The summed E-state index contributed by atoms with van der Waals surface area (Å²) in [7, 11) is 0. The molecule has 8 heteroatoms. The van der Waals surface area contributed by atoms with Crippen LogP contribution >= 0.6 is 11.8 Å². The predicted octanol–water partition coefficient (Wildman–Crippen LogP) is 4.09. The van der Waals surface area contributed by atoms with Gasteiger partial charge in [-0.05, 0) is 43.3 Å². The molecule has 0 aliphatic heterocycles. The predicted molar refractivity (Wildman–Crippen MR) is 113 cm³/mol.